The van der Waals surface area contributed by atoms with Gasteiger partial charge in [-0.15, -0.1) is 0 Å². The van der Waals surface area contributed by atoms with Crippen LogP contribution < -0.4 is 5.32 Å². The first kappa shape index (κ1) is 20.0. The SMILES string of the molecule is CCNC(=O)N(C1CC1)C1CCOC2(CCN(C(=O)CC3CCCC3)CC2)C1. The second-order valence-electron chi connectivity index (χ2n) is 9.39. The Labute approximate surface area is 169 Å². The Morgan fingerprint density at radius 1 is 1.07 bits per heavy atom. The van der Waals surface area contributed by atoms with E-state index in [1.54, 1.807) is 0 Å². The molecule has 4 aliphatic rings. The number of likely N-dealkylation sites (tertiary alicyclic amines) is 1. The molecule has 2 heterocycles. The van der Waals surface area contributed by atoms with Crippen LogP contribution in [0.25, 0.3) is 0 Å². The third-order valence-corrected chi connectivity index (χ3v) is 7.33. The van der Waals surface area contributed by atoms with Crippen molar-refractivity contribution in [3.63, 3.8) is 0 Å². The van der Waals surface area contributed by atoms with Crippen molar-refractivity contribution in [1.82, 2.24) is 15.1 Å². The van der Waals surface area contributed by atoms with Crippen LogP contribution in [0.4, 0.5) is 4.79 Å². The third kappa shape index (κ3) is 4.47. The molecule has 2 saturated carbocycles. The average molecular weight is 392 g/mol. The van der Waals surface area contributed by atoms with E-state index in [1.807, 2.05) is 6.92 Å². The van der Waals surface area contributed by atoms with E-state index >= 15 is 0 Å². The summed E-state index contributed by atoms with van der Waals surface area (Å²) in [7, 11) is 0. The highest BCUT2D eigenvalue weighted by atomic mass is 16.5. The molecule has 0 aromatic carbocycles. The summed E-state index contributed by atoms with van der Waals surface area (Å²) in [5.74, 6) is 0.957. The summed E-state index contributed by atoms with van der Waals surface area (Å²) >= 11 is 0. The zero-order valence-corrected chi connectivity index (χ0v) is 17.5. The van der Waals surface area contributed by atoms with Gasteiger partial charge in [-0.05, 0) is 64.2 Å². The van der Waals surface area contributed by atoms with Crippen LogP contribution in [0.5, 0.6) is 0 Å². The number of carbonyl (C=O) groups is 2. The zero-order valence-electron chi connectivity index (χ0n) is 17.5. The van der Waals surface area contributed by atoms with Gasteiger partial charge in [0, 0.05) is 44.7 Å². The fourth-order valence-electron chi connectivity index (χ4n) is 5.57. The Kier molecular flexibility index (Phi) is 6.14. The van der Waals surface area contributed by atoms with Crippen LogP contribution in [0, 0.1) is 5.92 Å². The topological polar surface area (TPSA) is 61.9 Å². The van der Waals surface area contributed by atoms with Crippen LogP contribution in [0.15, 0.2) is 0 Å². The minimum Gasteiger partial charge on any atom is -0.375 e. The van der Waals surface area contributed by atoms with E-state index in [4.69, 9.17) is 4.74 Å². The molecule has 2 aliphatic carbocycles. The van der Waals surface area contributed by atoms with Gasteiger partial charge in [0.25, 0.3) is 0 Å². The lowest BCUT2D eigenvalue weighted by molar-refractivity contribution is -0.148. The van der Waals surface area contributed by atoms with E-state index in [2.05, 4.69) is 15.1 Å². The average Bonchev–Trinajstić information content (AvgIpc) is 3.38. The van der Waals surface area contributed by atoms with E-state index in [9.17, 15) is 9.59 Å². The Bertz CT molecular complexity index is 563. The molecule has 6 heteroatoms. The highest BCUT2D eigenvalue weighted by Gasteiger charge is 2.46. The molecule has 4 fully saturated rings. The number of piperidine rings is 1. The zero-order chi connectivity index (χ0) is 19.6. The predicted octanol–water partition coefficient (Wildman–Crippen LogP) is 3.30. The molecule has 2 saturated heterocycles. The lowest BCUT2D eigenvalue weighted by Crippen LogP contribution is -2.57. The molecule has 0 aromatic rings. The Morgan fingerprint density at radius 2 is 1.79 bits per heavy atom. The maximum absolute atomic E-state index is 12.7. The minimum atomic E-state index is -0.146. The number of nitrogens with one attached hydrogen (secondary N) is 1. The van der Waals surface area contributed by atoms with Gasteiger partial charge in [0.2, 0.25) is 5.91 Å². The molecule has 28 heavy (non-hydrogen) atoms. The fourth-order valence-corrected chi connectivity index (χ4v) is 5.57. The molecule has 6 nitrogen and oxygen atoms in total. The molecular weight excluding hydrogens is 354 g/mol. The lowest BCUT2D eigenvalue weighted by atomic mass is 9.81. The Hall–Kier alpha value is -1.30. The Balaban J connectivity index is 1.32. The highest BCUT2D eigenvalue weighted by Crippen LogP contribution is 2.40. The maximum Gasteiger partial charge on any atom is 0.317 e. The summed E-state index contributed by atoms with van der Waals surface area (Å²) in [6.45, 7) is 5.00. The van der Waals surface area contributed by atoms with E-state index in [1.165, 1.54) is 25.7 Å². The van der Waals surface area contributed by atoms with Gasteiger partial charge in [-0.25, -0.2) is 4.79 Å². The molecule has 0 radical (unpaired) electrons. The molecule has 1 spiro atoms. The minimum absolute atomic E-state index is 0.0937. The molecule has 3 amide bonds. The van der Waals surface area contributed by atoms with Crippen molar-refractivity contribution in [2.45, 2.75) is 95.2 Å². The van der Waals surface area contributed by atoms with Gasteiger partial charge in [-0.3, -0.25) is 4.79 Å². The predicted molar refractivity (Wildman–Crippen MR) is 108 cm³/mol. The van der Waals surface area contributed by atoms with E-state index in [-0.39, 0.29) is 17.7 Å². The van der Waals surface area contributed by atoms with Crippen LogP contribution in [-0.2, 0) is 9.53 Å². The molecule has 1 N–H and O–H groups in total. The van der Waals surface area contributed by atoms with Crippen LogP contribution in [0.3, 0.4) is 0 Å². The van der Waals surface area contributed by atoms with Crippen LogP contribution in [0.1, 0.15) is 77.6 Å². The van der Waals surface area contributed by atoms with Gasteiger partial charge in [-0.2, -0.15) is 0 Å². The molecule has 0 bridgehead atoms. The summed E-state index contributed by atoms with van der Waals surface area (Å²) in [5.41, 5.74) is -0.146. The van der Waals surface area contributed by atoms with Gasteiger partial charge < -0.3 is 19.9 Å². The molecule has 1 atom stereocenters. The molecular formula is C22H37N3O3. The summed E-state index contributed by atoms with van der Waals surface area (Å²) in [6.07, 6.45) is 11.7. The lowest BCUT2D eigenvalue weighted by Gasteiger charge is -2.48. The molecule has 158 valence electrons. The number of nitrogens with zero attached hydrogens (tertiary/aromatic N) is 2. The number of hydrogen-bond acceptors (Lipinski definition) is 3. The smallest absolute Gasteiger partial charge is 0.317 e. The maximum atomic E-state index is 12.7. The molecule has 0 aromatic heterocycles. The quantitative estimate of drug-likeness (QED) is 0.782. The number of hydrogen-bond donors (Lipinski definition) is 1. The van der Waals surface area contributed by atoms with Crippen molar-refractivity contribution < 1.29 is 14.3 Å². The van der Waals surface area contributed by atoms with Crippen molar-refractivity contribution >= 4 is 11.9 Å². The number of carbonyl (C=O) groups excluding carboxylic acids is 2. The number of rotatable bonds is 5. The van der Waals surface area contributed by atoms with Crippen LogP contribution in [0.2, 0.25) is 0 Å². The largest absolute Gasteiger partial charge is 0.375 e. The first-order valence-electron chi connectivity index (χ1n) is 11.6. The Morgan fingerprint density at radius 3 is 2.43 bits per heavy atom. The third-order valence-electron chi connectivity index (χ3n) is 7.33. The van der Waals surface area contributed by atoms with Crippen molar-refractivity contribution in [2.75, 3.05) is 26.2 Å². The van der Waals surface area contributed by atoms with Crippen molar-refractivity contribution in [3.8, 4) is 0 Å². The van der Waals surface area contributed by atoms with Gasteiger partial charge in [0.15, 0.2) is 0 Å². The molecule has 2 aliphatic heterocycles. The highest BCUT2D eigenvalue weighted by molar-refractivity contribution is 5.76. The van der Waals surface area contributed by atoms with Gasteiger partial charge in [-0.1, -0.05) is 12.8 Å². The summed E-state index contributed by atoms with van der Waals surface area (Å²) in [4.78, 5) is 29.5. The number of urea groups is 1. The van der Waals surface area contributed by atoms with Crippen molar-refractivity contribution in [2.24, 2.45) is 5.92 Å². The summed E-state index contributed by atoms with van der Waals surface area (Å²) in [6, 6.07) is 0.782. The van der Waals surface area contributed by atoms with Crippen molar-refractivity contribution in [3.05, 3.63) is 0 Å². The van der Waals surface area contributed by atoms with Crippen LogP contribution >= 0.6 is 0 Å². The van der Waals surface area contributed by atoms with Gasteiger partial charge >= 0.3 is 6.03 Å². The first-order valence-corrected chi connectivity index (χ1v) is 11.6. The summed E-state index contributed by atoms with van der Waals surface area (Å²) in [5, 5.41) is 3.01. The van der Waals surface area contributed by atoms with E-state index in [0.29, 0.717) is 24.4 Å². The monoisotopic (exact) mass is 391 g/mol. The van der Waals surface area contributed by atoms with E-state index < -0.39 is 0 Å². The van der Waals surface area contributed by atoms with Crippen LogP contribution in [-0.4, -0.2) is 65.7 Å². The molecule has 1 unspecified atom stereocenters. The number of ether oxygens (including phenoxy) is 1. The van der Waals surface area contributed by atoms with Crippen molar-refractivity contribution in [1.29, 1.82) is 0 Å². The van der Waals surface area contributed by atoms with Gasteiger partial charge in [0.1, 0.15) is 0 Å². The first-order chi connectivity index (χ1) is 13.6. The normalized spacial score (nSPS) is 27.8. The second-order valence-corrected chi connectivity index (χ2v) is 9.39. The standard InChI is InChI=1S/C22H37N3O3/c1-2-23-21(27)25(18-7-8-18)19-9-14-28-22(16-19)10-12-24(13-11-22)20(26)15-17-5-3-4-6-17/h17-19H,2-16H2,1H3,(H,23,27). The molecule has 4 rings (SSSR count). The second kappa shape index (κ2) is 8.60. The van der Waals surface area contributed by atoms with E-state index in [0.717, 1.165) is 64.6 Å². The number of amides is 3. The summed E-state index contributed by atoms with van der Waals surface area (Å²) < 4.78 is 6.29. The van der Waals surface area contributed by atoms with Gasteiger partial charge in [0.05, 0.1) is 5.60 Å². The fraction of sp³-hybridized carbons (Fsp3) is 0.909.